The molecule has 0 aliphatic carbocycles. The van der Waals surface area contributed by atoms with Gasteiger partial charge in [0.2, 0.25) is 5.91 Å². The third-order valence-electron chi connectivity index (χ3n) is 4.81. The van der Waals surface area contributed by atoms with E-state index >= 15 is 0 Å². The van der Waals surface area contributed by atoms with Crippen molar-refractivity contribution in [3.05, 3.63) is 65.6 Å². The van der Waals surface area contributed by atoms with Crippen molar-refractivity contribution in [2.45, 2.75) is 25.7 Å². The van der Waals surface area contributed by atoms with Crippen LogP contribution in [-0.2, 0) is 9.53 Å². The minimum absolute atomic E-state index is 0.00549. The molecule has 0 bridgehead atoms. The fourth-order valence-corrected chi connectivity index (χ4v) is 3.39. The molecule has 3 aromatic rings. The predicted molar refractivity (Wildman–Crippen MR) is 109 cm³/mol. The van der Waals surface area contributed by atoms with Crippen LogP contribution in [-0.4, -0.2) is 42.7 Å². The molecule has 1 N–H and O–H groups in total. The van der Waals surface area contributed by atoms with Crippen LogP contribution in [0.1, 0.15) is 35.6 Å². The summed E-state index contributed by atoms with van der Waals surface area (Å²) < 4.78 is 12.7. The van der Waals surface area contributed by atoms with Gasteiger partial charge in [0.25, 0.3) is 0 Å². The molecule has 1 atom stereocenters. The number of benzene rings is 1. The second kappa shape index (κ2) is 9.37. The maximum atomic E-state index is 12.7. The minimum Gasteiger partial charge on any atom is -0.496 e. The standard InChI is InChI=1S/C22H27N3O3/c1-16-9-11-25-19(15-24-21(25)13-16)18(14-22(26)23-10-6-12-27-2)17-7-4-5-8-20(17)28-3/h4-5,7-9,11,13,15,18H,6,10,12,14H2,1-3H3,(H,23,26). The first kappa shape index (κ1) is 19.9. The van der Waals surface area contributed by atoms with Crippen molar-refractivity contribution >= 4 is 11.6 Å². The van der Waals surface area contributed by atoms with Crippen molar-refractivity contribution in [2.24, 2.45) is 0 Å². The van der Waals surface area contributed by atoms with E-state index in [4.69, 9.17) is 9.47 Å². The molecule has 6 heteroatoms. The molecule has 1 unspecified atom stereocenters. The number of para-hydroxylation sites is 1. The van der Waals surface area contributed by atoms with E-state index < -0.39 is 0 Å². The van der Waals surface area contributed by atoms with Crippen LogP contribution in [0.2, 0.25) is 0 Å². The second-order valence-electron chi connectivity index (χ2n) is 6.81. The first-order valence-corrected chi connectivity index (χ1v) is 9.46. The molecular weight excluding hydrogens is 354 g/mol. The summed E-state index contributed by atoms with van der Waals surface area (Å²) in [6.45, 7) is 3.26. The van der Waals surface area contributed by atoms with Gasteiger partial charge in [0.05, 0.1) is 12.8 Å². The second-order valence-corrected chi connectivity index (χ2v) is 6.81. The van der Waals surface area contributed by atoms with Crippen molar-refractivity contribution in [1.29, 1.82) is 0 Å². The molecule has 0 radical (unpaired) electrons. The molecule has 28 heavy (non-hydrogen) atoms. The Labute approximate surface area is 165 Å². The molecule has 0 spiro atoms. The number of nitrogens with one attached hydrogen (secondary N) is 1. The van der Waals surface area contributed by atoms with E-state index in [1.807, 2.05) is 60.1 Å². The van der Waals surface area contributed by atoms with E-state index in [2.05, 4.69) is 10.3 Å². The van der Waals surface area contributed by atoms with Crippen LogP contribution in [0.3, 0.4) is 0 Å². The van der Waals surface area contributed by atoms with Gasteiger partial charge in [0.1, 0.15) is 11.4 Å². The molecule has 0 saturated carbocycles. The molecule has 0 fully saturated rings. The molecular formula is C22H27N3O3. The molecule has 6 nitrogen and oxygen atoms in total. The lowest BCUT2D eigenvalue weighted by molar-refractivity contribution is -0.121. The van der Waals surface area contributed by atoms with Crippen LogP contribution in [0.25, 0.3) is 5.65 Å². The molecule has 1 amide bonds. The Balaban J connectivity index is 1.93. The van der Waals surface area contributed by atoms with Gasteiger partial charge in [-0.05, 0) is 37.1 Å². The van der Waals surface area contributed by atoms with Gasteiger partial charge in [-0.3, -0.25) is 4.79 Å². The van der Waals surface area contributed by atoms with Crippen LogP contribution in [0.4, 0.5) is 0 Å². The summed E-state index contributed by atoms with van der Waals surface area (Å²) >= 11 is 0. The van der Waals surface area contributed by atoms with Gasteiger partial charge in [-0.15, -0.1) is 0 Å². The molecule has 0 aliphatic heterocycles. The highest BCUT2D eigenvalue weighted by Crippen LogP contribution is 2.34. The third-order valence-corrected chi connectivity index (χ3v) is 4.81. The number of carbonyl (C=O) groups excluding carboxylic acids is 1. The Kier molecular flexibility index (Phi) is 6.66. The monoisotopic (exact) mass is 381 g/mol. The van der Waals surface area contributed by atoms with Crippen LogP contribution in [0, 0.1) is 6.92 Å². The van der Waals surface area contributed by atoms with Crippen molar-refractivity contribution in [1.82, 2.24) is 14.7 Å². The number of imidazole rings is 1. The number of carbonyl (C=O) groups is 1. The summed E-state index contributed by atoms with van der Waals surface area (Å²) in [6, 6.07) is 11.9. The quantitative estimate of drug-likeness (QED) is 0.578. The van der Waals surface area contributed by atoms with Gasteiger partial charge in [-0.2, -0.15) is 0 Å². The van der Waals surface area contributed by atoms with Crippen LogP contribution in [0.15, 0.2) is 48.8 Å². The maximum Gasteiger partial charge on any atom is 0.221 e. The van der Waals surface area contributed by atoms with Gasteiger partial charge in [-0.1, -0.05) is 18.2 Å². The van der Waals surface area contributed by atoms with Crippen molar-refractivity contribution in [2.75, 3.05) is 27.4 Å². The first-order valence-electron chi connectivity index (χ1n) is 9.46. The Morgan fingerprint density at radius 1 is 1.25 bits per heavy atom. The molecule has 148 valence electrons. The van der Waals surface area contributed by atoms with Gasteiger partial charge >= 0.3 is 0 Å². The van der Waals surface area contributed by atoms with Gasteiger partial charge in [-0.25, -0.2) is 4.98 Å². The first-order chi connectivity index (χ1) is 13.6. The van der Waals surface area contributed by atoms with Crippen molar-refractivity contribution < 1.29 is 14.3 Å². The average Bonchev–Trinajstić information content (AvgIpc) is 3.12. The molecule has 0 aliphatic rings. The lowest BCUT2D eigenvalue weighted by Crippen LogP contribution is -2.27. The number of pyridine rings is 1. The van der Waals surface area contributed by atoms with E-state index in [1.54, 1.807) is 14.2 Å². The molecule has 1 aromatic carbocycles. The number of ether oxygens (including phenoxy) is 2. The van der Waals surface area contributed by atoms with E-state index in [0.717, 1.165) is 34.6 Å². The largest absolute Gasteiger partial charge is 0.496 e. The Hall–Kier alpha value is -2.86. The number of methoxy groups -OCH3 is 2. The molecule has 0 saturated heterocycles. The zero-order chi connectivity index (χ0) is 19.9. The van der Waals surface area contributed by atoms with Crippen molar-refractivity contribution in [3.63, 3.8) is 0 Å². The number of hydrogen-bond acceptors (Lipinski definition) is 4. The summed E-state index contributed by atoms with van der Waals surface area (Å²) in [5.41, 5.74) is 3.95. The fourth-order valence-electron chi connectivity index (χ4n) is 3.39. The number of amides is 1. The number of hydrogen-bond donors (Lipinski definition) is 1. The van der Waals surface area contributed by atoms with Gasteiger partial charge in [0, 0.05) is 50.6 Å². The van der Waals surface area contributed by atoms with Crippen LogP contribution < -0.4 is 10.1 Å². The van der Waals surface area contributed by atoms with Crippen LogP contribution >= 0.6 is 0 Å². The molecule has 2 aromatic heterocycles. The highest BCUT2D eigenvalue weighted by Gasteiger charge is 2.24. The third kappa shape index (κ3) is 4.51. The predicted octanol–water partition coefficient (Wildman–Crippen LogP) is 3.33. The summed E-state index contributed by atoms with van der Waals surface area (Å²) in [5.74, 6) is 0.590. The zero-order valence-electron chi connectivity index (χ0n) is 16.6. The number of aryl methyl sites for hydroxylation is 1. The SMILES string of the molecule is COCCCNC(=O)CC(c1ccccc1OC)c1cnc2cc(C)ccn12. The highest BCUT2D eigenvalue weighted by molar-refractivity contribution is 5.77. The molecule has 3 rings (SSSR count). The summed E-state index contributed by atoms with van der Waals surface area (Å²) in [5, 5.41) is 2.98. The number of aromatic nitrogens is 2. The Morgan fingerprint density at radius 2 is 2.07 bits per heavy atom. The summed E-state index contributed by atoms with van der Waals surface area (Å²) in [4.78, 5) is 17.2. The topological polar surface area (TPSA) is 64.9 Å². The molecule has 2 heterocycles. The number of nitrogens with zero attached hydrogens (tertiary/aromatic N) is 2. The summed E-state index contributed by atoms with van der Waals surface area (Å²) in [7, 11) is 3.31. The maximum absolute atomic E-state index is 12.7. The number of fused-ring (bicyclic) bond motifs is 1. The minimum atomic E-state index is -0.170. The normalized spacial score (nSPS) is 12.1. The van der Waals surface area contributed by atoms with Crippen molar-refractivity contribution in [3.8, 4) is 5.75 Å². The van der Waals surface area contributed by atoms with E-state index in [0.29, 0.717) is 19.6 Å². The lowest BCUT2D eigenvalue weighted by atomic mass is 9.91. The van der Waals surface area contributed by atoms with E-state index in [-0.39, 0.29) is 11.8 Å². The Bertz CT molecular complexity index is 936. The Morgan fingerprint density at radius 3 is 2.86 bits per heavy atom. The van der Waals surface area contributed by atoms with E-state index in [9.17, 15) is 4.79 Å². The van der Waals surface area contributed by atoms with E-state index in [1.165, 1.54) is 0 Å². The lowest BCUT2D eigenvalue weighted by Gasteiger charge is -2.20. The van der Waals surface area contributed by atoms with Gasteiger partial charge in [0.15, 0.2) is 0 Å². The average molecular weight is 381 g/mol. The fraction of sp³-hybridized carbons (Fsp3) is 0.364. The number of rotatable bonds is 9. The highest BCUT2D eigenvalue weighted by atomic mass is 16.5. The van der Waals surface area contributed by atoms with Gasteiger partial charge < -0.3 is 19.2 Å². The van der Waals surface area contributed by atoms with Crippen LogP contribution in [0.5, 0.6) is 5.75 Å². The smallest absolute Gasteiger partial charge is 0.221 e. The zero-order valence-corrected chi connectivity index (χ0v) is 16.6. The summed E-state index contributed by atoms with van der Waals surface area (Å²) in [6.07, 6.45) is 4.96.